The summed E-state index contributed by atoms with van der Waals surface area (Å²) in [5.41, 5.74) is 0. The Hall–Kier alpha value is -0.760. The van der Waals surface area contributed by atoms with Gasteiger partial charge in [-0.05, 0) is 37.4 Å². The van der Waals surface area contributed by atoms with Gasteiger partial charge in [0, 0.05) is 12.5 Å². The summed E-state index contributed by atoms with van der Waals surface area (Å²) < 4.78 is 5.38. The van der Waals surface area contributed by atoms with E-state index in [0.717, 1.165) is 18.7 Å². The van der Waals surface area contributed by atoms with Gasteiger partial charge in [-0.3, -0.25) is 0 Å². The summed E-state index contributed by atoms with van der Waals surface area (Å²) >= 11 is 0. The second-order valence-electron chi connectivity index (χ2n) is 4.23. The molecule has 2 atom stereocenters. The highest BCUT2D eigenvalue weighted by molar-refractivity contribution is 4.99. The Labute approximate surface area is 93.1 Å². The van der Waals surface area contributed by atoms with E-state index in [1.165, 1.54) is 12.8 Å². The second-order valence-corrected chi connectivity index (χ2v) is 4.23. The maximum absolute atomic E-state index is 5.38. The number of nitrogens with one attached hydrogen (secondary N) is 1. The monoisotopic (exact) mass is 209 g/mol. The van der Waals surface area contributed by atoms with Crippen molar-refractivity contribution in [2.45, 2.75) is 46.1 Å². The fourth-order valence-corrected chi connectivity index (χ4v) is 1.97. The normalized spacial score (nSPS) is 15.1. The van der Waals surface area contributed by atoms with Gasteiger partial charge in [-0.2, -0.15) is 0 Å². The molecule has 0 bridgehead atoms. The largest absolute Gasteiger partial charge is 0.469 e. The molecule has 0 fully saturated rings. The molecule has 1 aromatic rings. The van der Waals surface area contributed by atoms with Crippen LogP contribution in [0, 0.1) is 5.92 Å². The van der Waals surface area contributed by atoms with Crippen LogP contribution in [0.4, 0.5) is 0 Å². The molecule has 0 amide bonds. The van der Waals surface area contributed by atoms with E-state index in [-0.39, 0.29) is 0 Å². The second kappa shape index (κ2) is 6.67. The molecule has 0 aliphatic heterocycles. The molecular formula is C13H23NO. The van der Waals surface area contributed by atoms with E-state index in [0.29, 0.717) is 12.0 Å². The van der Waals surface area contributed by atoms with Crippen molar-refractivity contribution in [2.24, 2.45) is 5.92 Å². The van der Waals surface area contributed by atoms with Gasteiger partial charge in [0.25, 0.3) is 0 Å². The summed E-state index contributed by atoms with van der Waals surface area (Å²) in [7, 11) is 0. The lowest BCUT2D eigenvalue weighted by Gasteiger charge is -2.23. The van der Waals surface area contributed by atoms with Crippen LogP contribution in [0.1, 0.15) is 39.4 Å². The van der Waals surface area contributed by atoms with Crippen LogP contribution in [0.3, 0.4) is 0 Å². The van der Waals surface area contributed by atoms with Crippen molar-refractivity contribution in [3.05, 3.63) is 24.2 Å². The summed E-state index contributed by atoms with van der Waals surface area (Å²) in [6, 6.07) is 4.63. The summed E-state index contributed by atoms with van der Waals surface area (Å²) in [5, 5.41) is 3.59. The van der Waals surface area contributed by atoms with E-state index in [9.17, 15) is 0 Å². The Morgan fingerprint density at radius 3 is 2.73 bits per heavy atom. The van der Waals surface area contributed by atoms with Crippen molar-refractivity contribution in [3.63, 3.8) is 0 Å². The van der Waals surface area contributed by atoms with E-state index >= 15 is 0 Å². The standard InChI is InChI=1S/C13H23NO/c1-4-8-14-13(5-2)11(3)10-12-7-6-9-15-12/h6-7,9,11,13-14H,4-5,8,10H2,1-3H3. The fraction of sp³-hybridized carbons (Fsp3) is 0.692. The summed E-state index contributed by atoms with van der Waals surface area (Å²) in [5.74, 6) is 1.73. The molecule has 1 aromatic heterocycles. The van der Waals surface area contributed by atoms with Crippen LogP contribution in [-0.4, -0.2) is 12.6 Å². The third-order valence-electron chi connectivity index (χ3n) is 2.89. The minimum absolute atomic E-state index is 0.607. The molecule has 0 saturated heterocycles. The zero-order valence-corrected chi connectivity index (χ0v) is 10.1. The van der Waals surface area contributed by atoms with Gasteiger partial charge in [-0.1, -0.05) is 20.8 Å². The molecule has 2 heteroatoms. The Bertz CT molecular complexity index is 243. The molecule has 0 aliphatic rings. The molecule has 2 nitrogen and oxygen atoms in total. The molecule has 0 radical (unpaired) electrons. The first-order valence-electron chi connectivity index (χ1n) is 6.03. The Kier molecular flexibility index (Phi) is 5.48. The van der Waals surface area contributed by atoms with Gasteiger partial charge in [0.15, 0.2) is 0 Å². The lowest BCUT2D eigenvalue weighted by atomic mass is 9.95. The third-order valence-corrected chi connectivity index (χ3v) is 2.89. The highest BCUT2D eigenvalue weighted by Crippen LogP contribution is 2.14. The SMILES string of the molecule is CCCNC(CC)C(C)Cc1ccco1. The topological polar surface area (TPSA) is 25.2 Å². The van der Waals surface area contributed by atoms with Crippen molar-refractivity contribution < 1.29 is 4.42 Å². The van der Waals surface area contributed by atoms with Crippen molar-refractivity contribution in [3.8, 4) is 0 Å². The van der Waals surface area contributed by atoms with Gasteiger partial charge >= 0.3 is 0 Å². The molecule has 0 aliphatic carbocycles. The van der Waals surface area contributed by atoms with E-state index in [2.05, 4.69) is 32.2 Å². The van der Waals surface area contributed by atoms with Crippen molar-refractivity contribution in [2.75, 3.05) is 6.54 Å². The number of furan rings is 1. The first-order valence-corrected chi connectivity index (χ1v) is 6.03. The molecule has 0 saturated carbocycles. The molecule has 0 aromatic carbocycles. The van der Waals surface area contributed by atoms with E-state index in [1.54, 1.807) is 6.26 Å². The van der Waals surface area contributed by atoms with Crippen LogP contribution in [0.25, 0.3) is 0 Å². The highest BCUT2D eigenvalue weighted by Gasteiger charge is 2.15. The third kappa shape index (κ3) is 4.08. The van der Waals surface area contributed by atoms with Crippen LogP contribution in [0.2, 0.25) is 0 Å². The van der Waals surface area contributed by atoms with Gasteiger partial charge in [-0.25, -0.2) is 0 Å². The summed E-state index contributed by atoms with van der Waals surface area (Å²) in [4.78, 5) is 0. The van der Waals surface area contributed by atoms with Crippen LogP contribution in [-0.2, 0) is 6.42 Å². The predicted molar refractivity (Wildman–Crippen MR) is 63.9 cm³/mol. The molecule has 0 spiro atoms. The Balaban J connectivity index is 2.39. The van der Waals surface area contributed by atoms with Crippen LogP contribution < -0.4 is 5.32 Å². The smallest absolute Gasteiger partial charge is 0.104 e. The Morgan fingerprint density at radius 1 is 1.40 bits per heavy atom. The lowest BCUT2D eigenvalue weighted by Crippen LogP contribution is -2.35. The molecule has 1 heterocycles. The molecule has 2 unspecified atom stereocenters. The highest BCUT2D eigenvalue weighted by atomic mass is 16.3. The van der Waals surface area contributed by atoms with Gasteiger partial charge in [0.1, 0.15) is 5.76 Å². The molecule has 86 valence electrons. The minimum Gasteiger partial charge on any atom is -0.469 e. The summed E-state index contributed by atoms with van der Waals surface area (Å²) in [6.45, 7) is 7.85. The molecule has 1 rings (SSSR count). The van der Waals surface area contributed by atoms with Crippen molar-refractivity contribution >= 4 is 0 Å². The minimum atomic E-state index is 0.607. The van der Waals surface area contributed by atoms with Crippen molar-refractivity contribution in [1.82, 2.24) is 5.32 Å². The summed E-state index contributed by atoms with van der Waals surface area (Å²) in [6.07, 6.45) is 5.16. The average molecular weight is 209 g/mol. The molecular weight excluding hydrogens is 186 g/mol. The first-order chi connectivity index (χ1) is 7.27. The first kappa shape index (κ1) is 12.3. The number of hydrogen-bond donors (Lipinski definition) is 1. The van der Waals surface area contributed by atoms with E-state index in [4.69, 9.17) is 4.42 Å². The van der Waals surface area contributed by atoms with E-state index < -0.39 is 0 Å². The predicted octanol–water partition coefficient (Wildman–Crippen LogP) is 3.24. The van der Waals surface area contributed by atoms with Gasteiger partial charge in [0.2, 0.25) is 0 Å². The van der Waals surface area contributed by atoms with Gasteiger partial charge < -0.3 is 9.73 Å². The molecule has 15 heavy (non-hydrogen) atoms. The maximum Gasteiger partial charge on any atom is 0.104 e. The van der Waals surface area contributed by atoms with Crippen molar-refractivity contribution in [1.29, 1.82) is 0 Å². The van der Waals surface area contributed by atoms with Crippen LogP contribution >= 0.6 is 0 Å². The number of hydrogen-bond acceptors (Lipinski definition) is 2. The van der Waals surface area contributed by atoms with Crippen LogP contribution in [0.15, 0.2) is 22.8 Å². The van der Waals surface area contributed by atoms with Crippen LogP contribution in [0.5, 0.6) is 0 Å². The lowest BCUT2D eigenvalue weighted by molar-refractivity contribution is 0.343. The van der Waals surface area contributed by atoms with Gasteiger partial charge in [-0.15, -0.1) is 0 Å². The quantitative estimate of drug-likeness (QED) is 0.745. The average Bonchev–Trinajstić information content (AvgIpc) is 2.71. The van der Waals surface area contributed by atoms with Gasteiger partial charge in [0.05, 0.1) is 6.26 Å². The fourth-order valence-electron chi connectivity index (χ4n) is 1.97. The maximum atomic E-state index is 5.38. The molecule has 1 N–H and O–H groups in total. The zero-order chi connectivity index (χ0) is 11.1. The van der Waals surface area contributed by atoms with E-state index in [1.807, 2.05) is 6.07 Å². The Morgan fingerprint density at radius 2 is 2.20 bits per heavy atom. The number of rotatable bonds is 7. The zero-order valence-electron chi connectivity index (χ0n) is 10.1.